The first kappa shape index (κ1) is 24.1. The van der Waals surface area contributed by atoms with E-state index in [2.05, 4.69) is 51.1 Å². The zero-order valence-corrected chi connectivity index (χ0v) is 21.6. The molecule has 0 radical (unpaired) electrons. The predicted molar refractivity (Wildman–Crippen MR) is 142 cm³/mol. The lowest BCUT2D eigenvalue weighted by atomic mass is 9.95. The fraction of sp³-hybridized carbons (Fsp3) is 0.577. The van der Waals surface area contributed by atoms with E-state index >= 15 is 0 Å². The molecule has 1 amide bonds. The Bertz CT molecular complexity index is 1030. The van der Waals surface area contributed by atoms with Gasteiger partial charge in [-0.3, -0.25) is 4.79 Å². The van der Waals surface area contributed by atoms with E-state index in [-0.39, 0.29) is 23.9 Å². The summed E-state index contributed by atoms with van der Waals surface area (Å²) in [7, 11) is 0. The molecule has 3 aliphatic rings. The van der Waals surface area contributed by atoms with Gasteiger partial charge in [0.1, 0.15) is 12.0 Å². The van der Waals surface area contributed by atoms with Crippen LogP contribution < -0.4 is 20.4 Å². The van der Waals surface area contributed by atoms with E-state index in [4.69, 9.17) is 16.6 Å². The summed E-state index contributed by atoms with van der Waals surface area (Å²) in [5.41, 5.74) is 2.12. The van der Waals surface area contributed by atoms with Crippen molar-refractivity contribution in [3.8, 4) is 0 Å². The molecule has 1 aromatic carbocycles. The molecule has 2 aromatic rings. The normalized spacial score (nSPS) is 22.3. The van der Waals surface area contributed by atoms with Crippen molar-refractivity contribution in [3.63, 3.8) is 0 Å². The zero-order chi connectivity index (χ0) is 24.5. The summed E-state index contributed by atoms with van der Waals surface area (Å²) in [4.78, 5) is 30.2. The minimum atomic E-state index is -0.226. The van der Waals surface area contributed by atoms with Crippen molar-refractivity contribution in [2.24, 2.45) is 0 Å². The average molecular weight is 498 g/mol. The first-order valence-electron chi connectivity index (χ1n) is 12.9. The quantitative estimate of drug-likeness (QED) is 0.607. The van der Waals surface area contributed by atoms with E-state index < -0.39 is 0 Å². The first-order valence-corrected chi connectivity index (χ1v) is 13.2. The maximum absolute atomic E-state index is 14.0. The van der Waals surface area contributed by atoms with Crippen LogP contribution in [0.25, 0.3) is 0 Å². The van der Waals surface area contributed by atoms with E-state index in [1.54, 1.807) is 6.33 Å². The largest absolute Gasteiger partial charge is 0.366 e. The van der Waals surface area contributed by atoms with Crippen molar-refractivity contribution in [2.75, 3.05) is 54.4 Å². The Morgan fingerprint density at radius 1 is 1.17 bits per heavy atom. The van der Waals surface area contributed by atoms with Crippen LogP contribution in [-0.4, -0.2) is 78.2 Å². The second kappa shape index (κ2) is 10.2. The monoisotopic (exact) mass is 497 g/mol. The van der Waals surface area contributed by atoms with Gasteiger partial charge in [-0.05, 0) is 37.5 Å². The number of carbonyl (C=O) groups is 1. The number of rotatable bonds is 7. The van der Waals surface area contributed by atoms with Gasteiger partial charge in [0.15, 0.2) is 11.6 Å². The third-order valence-corrected chi connectivity index (χ3v) is 7.76. The zero-order valence-electron chi connectivity index (χ0n) is 20.9. The van der Waals surface area contributed by atoms with Crippen LogP contribution in [0.2, 0.25) is 5.02 Å². The number of anilines is 3. The van der Waals surface area contributed by atoms with Crippen LogP contribution in [0.1, 0.15) is 45.1 Å². The van der Waals surface area contributed by atoms with Gasteiger partial charge in [0.05, 0.1) is 5.92 Å². The molecular weight excluding hydrogens is 462 g/mol. The Morgan fingerprint density at radius 3 is 2.54 bits per heavy atom. The van der Waals surface area contributed by atoms with Crippen molar-refractivity contribution in [2.45, 2.75) is 57.7 Å². The lowest BCUT2D eigenvalue weighted by Crippen LogP contribution is -2.58. The molecule has 3 atom stereocenters. The van der Waals surface area contributed by atoms with Crippen LogP contribution in [0.15, 0.2) is 30.6 Å². The van der Waals surface area contributed by atoms with Gasteiger partial charge in [-0.25, -0.2) is 9.97 Å². The van der Waals surface area contributed by atoms with Gasteiger partial charge in [0.2, 0.25) is 5.91 Å². The molecule has 2 fully saturated rings. The van der Waals surface area contributed by atoms with E-state index in [0.29, 0.717) is 17.6 Å². The maximum Gasteiger partial charge on any atom is 0.232 e. The molecule has 0 aliphatic carbocycles. The highest BCUT2D eigenvalue weighted by molar-refractivity contribution is 6.30. The standard InChI is InChI=1S/C26H36ClN7O/c1-4-32-12-11-28-24-23(32)25(31-16-30-24)33-14-20-9-10-21(15-33)34(20)26(35)22(13-29-17(2)3)18-5-7-19(27)8-6-18/h5-8,16-17,20-22,29H,4,9-15H2,1-3H3,(H,28,30,31)/t20?,21?,22-/m1/s1. The third kappa shape index (κ3) is 4.78. The fourth-order valence-electron chi connectivity index (χ4n) is 5.77. The molecule has 2 bridgehead atoms. The molecular formula is C26H36ClN7O. The topological polar surface area (TPSA) is 76.6 Å². The number of benzene rings is 1. The Hall–Kier alpha value is -2.58. The van der Waals surface area contributed by atoms with Crippen molar-refractivity contribution in [1.82, 2.24) is 20.2 Å². The van der Waals surface area contributed by atoms with E-state index in [0.717, 1.165) is 68.5 Å². The van der Waals surface area contributed by atoms with Gasteiger partial charge in [0, 0.05) is 62.4 Å². The molecule has 8 nitrogen and oxygen atoms in total. The third-order valence-electron chi connectivity index (χ3n) is 7.51. The number of carbonyl (C=O) groups excluding carboxylic acids is 1. The summed E-state index contributed by atoms with van der Waals surface area (Å²) in [6.45, 7) is 11.4. The molecule has 5 rings (SSSR count). The molecule has 1 aromatic heterocycles. The van der Waals surface area contributed by atoms with Gasteiger partial charge in [-0.1, -0.05) is 37.6 Å². The first-order chi connectivity index (χ1) is 17.0. The van der Waals surface area contributed by atoms with Crippen molar-refractivity contribution in [3.05, 3.63) is 41.2 Å². The summed E-state index contributed by atoms with van der Waals surface area (Å²) in [5.74, 6) is 1.89. The number of hydrogen-bond donors (Lipinski definition) is 2. The second-order valence-electron chi connectivity index (χ2n) is 10.1. The van der Waals surface area contributed by atoms with Crippen LogP contribution >= 0.6 is 11.6 Å². The molecule has 9 heteroatoms. The van der Waals surface area contributed by atoms with Gasteiger partial charge in [-0.15, -0.1) is 0 Å². The summed E-state index contributed by atoms with van der Waals surface area (Å²) in [5, 5.41) is 7.61. The molecule has 2 saturated heterocycles. The van der Waals surface area contributed by atoms with Gasteiger partial charge >= 0.3 is 0 Å². The Morgan fingerprint density at radius 2 is 1.89 bits per heavy atom. The molecule has 35 heavy (non-hydrogen) atoms. The minimum absolute atomic E-state index is 0.187. The van der Waals surface area contributed by atoms with Crippen molar-refractivity contribution >= 4 is 34.8 Å². The van der Waals surface area contributed by atoms with E-state index in [9.17, 15) is 4.79 Å². The second-order valence-corrected chi connectivity index (χ2v) is 10.5. The number of piperazine rings is 1. The lowest BCUT2D eigenvalue weighted by molar-refractivity contribution is -0.136. The summed E-state index contributed by atoms with van der Waals surface area (Å²) in [6.07, 6.45) is 3.72. The Labute approximate surface area is 213 Å². The number of aromatic nitrogens is 2. The van der Waals surface area contributed by atoms with Gasteiger partial charge in [-0.2, -0.15) is 0 Å². The van der Waals surface area contributed by atoms with E-state index in [1.807, 2.05) is 24.3 Å². The van der Waals surface area contributed by atoms with Crippen LogP contribution in [0.5, 0.6) is 0 Å². The highest BCUT2D eigenvalue weighted by Crippen LogP contribution is 2.40. The number of likely N-dealkylation sites (N-methyl/N-ethyl adjacent to an activating group) is 1. The van der Waals surface area contributed by atoms with Gasteiger partial charge < -0.3 is 25.3 Å². The van der Waals surface area contributed by atoms with Crippen LogP contribution in [0.4, 0.5) is 17.3 Å². The van der Waals surface area contributed by atoms with Crippen LogP contribution in [-0.2, 0) is 4.79 Å². The number of amides is 1. The highest BCUT2D eigenvalue weighted by Gasteiger charge is 2.45. The van der Waals surface area contributed by atoms with Gasteiger partial charge in [0.25, 0.3) is 0 Å². The smallest absolute Gasteiger partial charge is 0.232 e. The predicted octanol–water partition coefficient (Wildman–Crippen LogP) is 3.34. The Balaban J connectivity index is 1.39. The number of nitrogens with zero attached hydrogens (tertiary/aromatic N) is 5. The molecule has 0 spiro atoms. The molecule has 2 unspecified atom stereocenters. The number of nitrogens with one attached hydrogen (secondary N) is 2. The molecule has 2 N–H and O–H groups in total. The van der Waals surface area contributed by atoms with E-state index in [1.165, 1.54) is 0 Å². The number of fused-ring (bicyclic) bond motifs is 3. The highest BCUT2D eigenvalue weighted by atomic mass is 35.5. The Kier molecular flexibility index (Phi) is 7.02. The number of halogens is 1. The summed E-state index contributed by atoms with van der Waals surface area (Å²) < 4.78 is 0. The lowest BCUT2D eigenvalue weighted by Gasteiger charge is -2.44. The van der Waals surface area contributed by atoms with Crippen molar-refractivity contribution in [1.29, 1.82) is 0 Å². The minimum Gasteiger partial charge on any atom is -0.366 e. The van der Waals surface area contributed by atoms with Crippen molar-refractivity contribution < 1.29 is 4.79 Å². The summed E-state index contributed by atoms with van der Waals surface area (Å²) in [6, 6.07) is 8.43. The molecule has 0 saturated carbocycles. The average Bonchev–Trinajstić information content (AvgIpc) is 3.13. The fourth-order valence-corrected chi connectivity index (χ4v) is 5.90. The molecule has 188 valence electrons. The van der Waals surface area contributed by atoms with Crippen LogP contribution in [0.3, 0.4) is 0 Å². The SMILES string of the molecule is CCN1CCNc2ncnc(N3CC4CCC(C3)N4C(=O)[C@H](CNC(C)C)c3ccc(Cl)cc3)c21. The molecule has 4 heterocycles. The molecule has 3 aliphatic heterocycles. The number of hydrogen-bond acceptors (Lipinski definition) is 7. The van der Waals surface area contributed by atoms with Crippen LogP contribution in [0, 0.1) is 0 Å². The summed E-state index contributed by atoms with van der Waals surface area (Å²) >= 11 is 6.14. The maximum atomic E-state index is 14.0.